The lowest BCUT2D eigenvalue weighted by atomic mass is 9.91. The summed E-state index contributed by atoms with van der Waals surface area (Å²) in [6, 6.07) is 18.4. The molecule has 0 spiro atoms. The second-order valence-electron chi connectivity index (χ2n) is 7.74. The summed E-state index contributed by atoms with van der Waals surface area (Å²) < 4.78 is 17.4. The van der Waals surface area contributed by atoms with Crippen LogP contribution in [0.2, 0.25) is 5.02 Å². The maximum absolute atomic E-state index is 13.0. The number of fused-ring (bicyclic) bond motifs is 1. The van der Waals surface area contributed by atoms with Gasteiger partial charge in [-0.1, -0.05) is 35.9 Å². The lowest BCUT2D eigenvalue weighted by Gasteiger charge is -2.22. The number of amides is 1. The monoisotopic (exact) mass is 451 g/mol. The third kappa shape index (κ3) is 5.00. The molecule has 0 radical (unpaired) electrons. The highest BCUT2D eigenvalue weighted by molar-refractivity contribution is 6.31. The van der Waals surface area contributed by atoms with Gasteiger partial charge in [-0.15, -0.1) is 0 Å². The number of ether oxygens (including phenoxy) is 3. The van der Waals surface area contributed by atoms with E-state index in [1.54, 1.807) is 44.4 Å². The zero-order valence-corrected chi connectivity index (χ0v) is 18.9. The summed E-state index contributed by atoms with van der Waals surface area (Å²) in [7, 11) is 1.58. The molecule has 166 valence electrons. The van der Waals surface area contributed by atoms with Gasteiger partial charge in [-0.2, -0.15) is 0 Å². The first-order valence-corrected chi connectivity index (χ1v) is 11.1. The largest absolute Gasteiger partial charge is 0.493 e. The van der Waals surface area contributed by atoms with Crippen LogP contribution in [-0.2, 0) is 17.6 Å². The van der Waals surface area contributed by atoms with Gasteiger partial charge in [0.25, 0.3) is 5.91 Å². The van der Waals surface area contributed by atoms with Crippen LogP contribution in [-0.4, -0.2) is 19.1 Å². The number of hydrogen-bond acceptors (Lipinski definition) is 4. The Bertz CT molecular complexity index is 1110. The highest BCUT2D eigenvalue weighted by Gasteiger charge is 2.21. The minimum atomic E-state index is -0.693. The van der Waals surface area contributed by atoms with E-state index in [-0.39, 0.29) is 5.91 Å². The Kier molecular flexibility index (Phi) is 6.86. The standard InChI is InChI=1S/C26H26ClNO4/c1-17(31-22-13-7-9-18-8-3-4-10-20(18)22)26(29)28-21-16-19(27)14-15-23(21)32-25-12-6-5-11-24(25)30-2/h5-7,9,11-17H,3-4,8,10H2,1-2H3,(H,28,29). The lowest BCUT2D eigenvalue weighted by Crippen LogP contribution is -2.30. The third-order valence-electron chi connectivity index (χ3n) is 5.51. The summed E-state index contributed by atoms with van der Waals surface area (Å²) in [4.78, 5) is 13.0. The molecule has 3 aromatic carbocycles. The predicted molar refractivity (Wildman–Crippen MR) is 126 cm³/mol. The van der Waals surface area contributed by atoms with E-state index in [0.717, 1.165) is 25.0 Å². The number of benzene rings is 3. The van der Waals surface area contributed by atoms with Crippen molar-refractivity contribution < 1.29 is 19.0 Å². The van der Waals surface area contributed by atoms with Crippen molar-refractivity contribution >= 4 is 23.2 Å². The second-order valence-corrected chi connectivity index (χ2v) is 8.18. The summed E-state index contributed by atoms with van der Waals surface area (Å²) in [5.74, 6) is 2.07. The van der Waals surface area contributed by atoms with E-state index in [2.05, 4.69) is 11.4 Å². The van der Waals surface area contributed by atoms with E-state index >= 15 is 0 Å². The first kappa shape index (κ1) is 22.0. The molecule has 3 aromatic rings. The van der Waals surface area contributed by atoms with Crippen LogP contribution in [0.4, 0.5) is 5.69 Å². The van der Waals surface area contributed by atoms with Gasteiger partial charge in [0.05, 0.1) is 12.8 Å². The maximum atomic E-state index is 13.0. The van der Waals surface area contributed by atoms with Crippen LogP contribution in [0, 0.1) is 0 Å². The van der Waals surface area contributed by atoms with Gasteiger partial charge < -0.3 is 19.5 Å². The molecule has 0 heterocycles. The average molecular weight is 452 g/mol. The van der Waals surface area contributed by atoms with E-state index in [1.165, 1.54) is 17.5 Å². The molecule has 0 saturated heterocycles. The molecule has 5 nitrogen and oxygen atoms in total. The van der Waals surface area contributed by atoms with Crippen molar-refractivity contribution in [3.05, 3.63) is 76.8 Å². The fraction of sp³-hybridized carbons (Fsp3) is 0.269. The third-order valence-corrected chi connectivity index (χ3v) is 5.75. The van der Waals surface area contributed by atoms with Crippen LogP contribution in [0.5, 0.6) is 23.0 Å². The van der Waals surface area contributed by atoms with Crippen LogP contribution >= 0.6 is 11.6 Å². The molecule has 4 rings (SSSR count). The van der Waals surface area contributed by atoms with E-state index in [9.17, 15) is 4.79 Å². The number of para-hydroxylation sites is 2. The number of rotatable bonds is 7. The number of aryl methyl sites for hydroxylation is 1. The predicted octanol–water partition coefficient (Wildman–Crippen LogP) is 6.43. The molecule has 0 saturated carbocycles. The smallest absolute Gasteiger partial charge is 0.265 e. The summed E-state index contributed by atoms with van der Waals surface area (Å²) >= 11 is 6.19. The SMILES string of the molecule is COc1ccccc1Oc1ccc(Cl)cc1NC(=O)C(C)Oc1cccc2c1CCCC2. The minimum absolute atomic E-state index is 0.287. The summed E-state index contributed by atoms with van der Waals surface area (Å²) in [5, 5.41) is 3.38. The molecule has 1 atom stereocenters. The highest BCUT2D eigenvalue weighted by Crippen LogP contribution is 2.36. The number of carbonyl (C=O) groups is 1. The molecule has 1 N–H and O–H groups in total. The average Bonchev–Trinajstić information content (AvgIpc) is 2.81. The molecule has 0 fully saturated rings. The number of carbonyl (C=O) groups excluding carboxylic acids is 1. The Morgan fingerprint density at radius 2 is 1.69 bits per heavy atom. The van der Waals surface area contributed by atoms with E-state index in [1.807, 2.05) is 24.3 Å². The Morgan fingerprint density at radius 3 is 2.50 bits per heavy atom. The van der Waals surface area contributed by atoms with E-state index in [0.29, 0.717) is 28.0 Å². The normalized spacial score (nSPS) is 13.6. The van der Waals surface area contributed by atoms with Gasteiger partial charge in [0.2, 0.25) is 0 Å². The maximum Gasteiger partial charge on any atom is 0.265 e. The molecule has 1 amide bonds. The summed E-state index contributed by atoms with van der Waals surface area (Å²) in [6.07, 6.45) is 3.67. The highest BCUT2D eigenvalue weighted by atomic mass is 35.5. The first-order chi connectivity index (χ1) is 15.5. The number of halogens is 1. The van der Waals surface area contributed by atoms with E-state index in [4.69, 9.17) is 25.8 Å². The van der Waals surface area contributed by atoms with Crippen LogP contribution in [0.15, 0.2) is 60.7 Å². The number of nitrogens with one attached hydrogen (secondary N) is 1. The van der Waals surface area contributed by atoms with Crippen molar-refractivity contribution in [1.82, 2.24) is 0 Å². The molecule has 1 aliphatic rings. The van der Waals surface area contributed by atoms with Crippen molar-refractivity contribution in [3.8, 4) is 23.0 Å². The van der Waals surface area contributed by atoms with Gasteiger partial charge >= 0.3 is 0 Å². The van der Waals surface area contributed by atoms with Crippen LogP contribution in [0.3, 0.4) is 0 Å². The first-order valence-electron chi connectivity index (χ1n) is 10.7. The number of methoxy groups -OCH3 is 1. The number of anilines is 1. The topological polar surface area (TPSA) is 56.8 Å². The van der Waals surface area contributed by atoms with Gasteiger partial charge in [0.15, 0.2) is 23.4 Å². The Morgan fingerprint density at radius 1 is 0.938 bits per heavy atom. The lowest BCUT2D eigenvalue weighted by molar-refractivity contribution is -0.122. The number of hydrogen-bond donors (Lipinski definition) is 1. The van der Waals surface area contributed by atoms with Gasteiger partial charge in [-0.05, 0) is 80.1 Å². The molecule has 32 heavy (non-hydrogen) atoms. The van der Waals surface area contributed by atoms with Gasteiger partial charge in [0.1, 0.15) is 5.75 Å². The zero-order chi connectivity index (χ0) is 22.5. The molecular weight excluding hydrogens is 426 g/mol. The fourth-order valence-corrected chi connectivity index (χ4v) is 4.02. The molecule has 6 heteroatoms. The van der Waals surface area contributed by atoms with Gasteiger partial charge in [-0.3, -0.25) is 4.79 Å². The van der Waals surface area contributed by atoms with Crippen molar-refractivity contribution in [2.24, 2.45) is 0 Å². The Balaban J connectivity index is 1.51. The van der Waals surface area contributed by atoms with Crippen molar-refractivity contribution in [2.75, 3.05) is 12.4 Å². The molecule has 0 bridgehead atoms. The molecule has 0 aliphatic heterocycles. The zero-order valence-electron chi connectivity index (χ0n) is 18.2. The van der Waals surface area contributed by atoms with Crippen LogP contribution in [0.1, 0.15) is 30.9 Å². The van der Waals surface area contributed by atoms with Crippen molar-refractivity contribution in [3.63, 3.8) is 0 Å². The Hall–Kier alpha value is -3.18. The molecule has 0 aromatic heterocycles. The summed E-state index contributed by atoms with van der Waals surface area (Å²) in [6.45, 7) is 1.74. The van der Waals surface area contributed by atoms with E-state index < -0.39 is 6.10 Å². The molecule has 1 aliphatic carbocycles. The minimum Gasteiger partial charge on any atom is -0.493 e. The van der Waals surface area contributed by atoms with Crippen molar-refractivity contribution in [2.45, 2.75) is 38.7 Å². The Labute approximate surface area is 193 Å². The fourth-order valence-electron chi connectivity index (χ4n) is 3.85. The van der Waals surface area contributed by atoms with Gasteiger partial charge in [0, 0.05) is 5.02 Å². The quantitative estimate of drug-likeness (QED) is 0.450. The molecular formula is C26H26ClNO4. The van der Waals surface area contributed by atoms with Crippen LogP contribution < -0.4 is 19.5 Å². The second kappa shape index (κ2) is 9.96. The molecule has 1 unspecified atom stereocenters. The summed E-state index contributed by atoms with van der Waals surface area (Å²) in [5.41, 5.74) is 2.98. The van der Waals surface area contributed by atoms with Gasteiger partial charge in [-0.25, -0.2) is 0 Å². The van der Waals surface area contributed by atoms with Crippen molar-refractivity contribution in [1.29, 1.82) is 0 Å². The van der Waals surface area contributed by atoms with Crippen LogP contribution in [0.25, 0.3) is 0 Å².